The molecule has 0 bridgehead atoms. The molecule has 1 atom stereocenters. The molecule has 17 heavy (non-hydrogen) atoms. The molecule has 0 aliphatic rings. The van der Waals surface area contributed by atoms with Gasteiger partial charge in [0.05, 0.1) is 6.04 Å². The molecule has 0 aromatic heterocycles. The molecular weight excluding hydrogens is 226 g/mol. The summed E-state index contributed by atoms with van der Waals surface area (Å²) in [4.78, 5) is 33.0. The standard InChI is InChI=1S/C11H19NO5/c1-7(13)8(5-6-9(14)15)12-10(16)17-11(2,3)4/h8H,5-6H2,1-4H3,(H,12,16)(H,14,15)/t8-/m0/s1. The highest BCUT2D eigenvalue weighted by atomic mass is 16.6. The fraction of sp³-hybridized carbons (Fsp3) is 0.727. The van der Waals surface area contributed by atoms with Gasteiger partial charge in [-0.3, -0.25) is 9.59 Å². The van der Waals surface area contributed by atoms with Gasteiger partial charge in [-0.2, -0.15) is 0 Å². The number of ketones is 1. The zero-order chi connectivity index (χ0) is 13.6. The molecule has 6 nitrogen and oxygen atoms in total. The van der Waals surface area contributed by atoms with Crippen molar-refractivity contribution in [1.29, 1.82) is 0 Å². The largest absolute Gasteiger partial charge is 0.481 e. The van der Waals surface area contributed by atoms with Crippen LogP contribution in [0.3, 0.4) is 0 Å². The van der Waals surface area contributed by atoms with Crippen molar-refractivity contribution in [3.63, 3.8) is 0 Å². The Morgan fingerprint density at radius 3 is 2.18 bits per heavy atom. The molecule has 0 heterocycles. The number of hydrogen-bond donors (Lipinski definition) is 2. The molecule has 0 saturated carbocycles. The summed E-state index contributed by atoms with van der Waals surface area (Å²) in [5, 5.41) is 10.9. The van der Waals surface area contributed by atoms with E-state index in [2.05, 4.69) is 5.32 Å². The number of hydrogen-bond acceptors (Lipinski definition) is 4. The lowest BCUT2D eigenvalue weighted by molar-refractivity contribution is -0.137. The fourth-order valence-corrected chi connectivity index (χ4v) is 1.09. The molecule has 0 aliphatic heterocycles. The first-order chi connectivity index (χ1) is 7.61. The van der Waals surface area contributed by atoms with Gasteiger partial charge in [-0.25, -0.2) is 4.79 Å². The number of Topliss-reactive ketones (excluding diaryl/α,β-unsaturated/α-hetero) is 1. The number of alkyl carbamates (subject to hydrolysis) is 1. The third-order valence-electron chi connectivity index (χ3n) is 1.83. The predicted molar refractivity (Wildman–Crippen MR) is 60.7 cm³/mol. The first-order valence-corrected chi connectivity index (χ1v) is 5.33. The Bertz CT molecular complexity index is 305. The van der Waals surface area contributed by atoms with E-state index in [4.69, 9.17) is 9.84 Å². The number of carboxylic acids is 1. The van der Waals surface area contributed by atoms with Gasteiger partial charge in [-0.05, 0) is 34.1 Å². The topological polar surface area (TPSA) is 92.7 Å². The van der Waals surface area contributed by atoms with Crippen molar-refractivity contribution >= 4 is 17.8 Å². The fourth-order valence-electron chi connectivity index (χ4n) is 1.09. The van der Waals surface area contributed by atoms with Crippen LogP contribution in [0.2, 0.25) is 0 Å². The average Bonchev–Trinajstić information content (AvgIpc) is 2.08. The Morgan fingerprint density at radius 2 is 1.82 bits per heavy atom. The molecule has 98 valence electrons. The molecular formula is C11H19NO5. The maximum absolute atomic E-state index is 11.4. The van der Waals surface area contributed by atoms with Gasteiger partial charge in [0.25, 0.3) is 0 Å². The summed E-state index contributed by atoms with van der Waals surface area (Å²) in [7, 11) is 0. The van der Waals surface area contributed by atoms with Gasteiger partial charge in [0.15, 0.2) is 5.78 Å². The molecule has 0 saturated heterocycles. The van der Waals surface area contributed by atoms with E-state index < -0.39 is 23.7 Å². The van der Waals surface area contributed by atoms with E-state index in [1.807, 2.05) is 0 Å². The van der Waals surface area contributed by atoms with Crippen LogP contribution in [-0.2, 0) is 14.3 Å². The van der Waals surface area contributed by atoms with Crippen LogP contribution in [0.4, 0.5) is 4.79 Å². The van der Waals surface area contributed by atoms with E-state index in [0.717, 1.165) is 0 Å². The number of rotatable bonds is 5. The second kappa shape index (κ2) is 6.22. The van der Waals surface area contributed by atoms with Crippen molar-refractivity contribution in [1.82, 2.24) is 5.32 Å². The van der Waals surface area contributed by atoms with Gasteiger partial charge >= 0.3 is 12.1 Å². The van der Waals surface area contributed by atoms with Crippen LogP contribution in [0.5, 0.6) is 0 Å². The summed E-state index contributed by atoms with van der Waals surface area (Å²) in [6.45, 7) is 6.40. The SMILES string of the molecule is CC(=O)[C@H](CCC(=O)O)NC(=O)OC(C)(C)C. The maximum Gasteiger partial charge on any atom is 0.408 e. The number of aliphatic carboxylic acids is 1. The highest BCUT2D eigenvalue weighted by Gasteiger charge is 2.22. The third-order valence-corrected chi connectivity index (χ3v) is 1.83. The Labute approximate surface area is 100 Å². The minimum absolute atomic E-state index is 0.0594. The van der Waals surface area contributed by atoms with Gasteiger partial charge < -0.3 is 15.2 Å². The number of carbonyl (C=O) groups excluding carboxylic acids is 2. The molecule has 0 fully saturated rings. The summed E-state index contributed by atoms with van der Waals surface area (Å²) in [5.41, 5.74) is -0.655. The van der Waals surface area contributed by atoms with Crippen molar-refractivity contribution in [2.45, 2.75) is 52.2 Å². The van der Waals surface area contributed by atoms with Gasteiger partial charge in [0.1, 0.15) is 5.60 Å². The Hall–Kier alpha value is -1.59. The first-order valence-electron chi connectivity index (χ1n) is 5.33. The van der Waals surface area contributed by atoms with E-state index in [1.165, 1.54) is 6.92 Å². The molecule has 0 unspecified atom stereocenters. The molecule has 0 radical (unpaired) electrons. The summed E-state index contributed by atoms with van der Waals surface area (Å²) in [6.07, 6.45) is -0.840. The zero-order valence-corrected chi connectivity index (χ0v) is 10.6. The third kappa shape index (κ3) is 8.24. The number of carboxylic acid groups (broad SMARTS) is 1. The summed E-state index contributed by atoms with van der Waals surface area (Å²) in [5.74, 6) is -1.31. The minimum atomic E-state index is -1.01. The molecule has 2 N–H and O–H groups in total. The van der Waals surface area contributed by atoms with E-state index >= 15 is 0 Å². The van der Waals surface area contributed by atoms with Crippen LogP contribution in [0, 0.1) is 0 Å². The Balaban J connectivity index is 4.30. The lowest BCUT2D eigenvalue weighted by atomic mass is 10.1. The number of ether oxygens (including phenoxy) is 1. The smallest absolute Gasteiger partial charge is 0.408 e. The van der Waals surface area contributed by atoms with Gasteiger partial charge in [0.2, 0.25) is 0 Å². The number of amides is 1. The van der Waals surface area contributed by atoms with Crippen LogP contribution in [0.25, 0.3) is 0 Å². The van der Waals surface area contributed by atoms with Gasteiger partial charge in [0, 0.05) is 6.42 Å². The highest BCUT2D eigenvalue weighted by molar-refractivity contribution is 5.85. The van der Waals surface area contributed by atoms with Crippen LogP contribution < -0.4 is 5.32 Å². The zero-order valence-electron chi connectivity index (χ0n) is 10.6. The monoisotopic (exact) mass is 245 g/mol. The molecule has 0 aromatic rings. The lowest BCUT2D eigenvalue weighted by Crippen LogP contribution is -2.42. The van der Waals surface area contributed by atoms with E-state index in [0.29, 0.717) is 0 Å². The minimum Gasteiger partial charge on any atom is -0.481 e. The molecule has 0 aromatic carbocycles. The second-order valence-electron chi connectivity index (χ2n) is 4.74. The van der Waals surface area contributed by atoms with Crippen LogP contribution >= 0.6 is 0 Å². The molecule has 6 heteroatoms. The van der Waals surface area contributed by atoms with Crippen LogP contribution in [-0.4, -0.2) is 34.6 Å². The van der Waals surface area contributed by atoms with Crippen LogP contribution in [0.1, 0.15) is 40.5 Å². The second-order valence-corrected chi connectivity index (χ2v) is 4.74. The Kier molecular flexibility index (Phi) is 5.64. The lowest BCUT2D eigenvalue weighted by Gasteiger charge is -2.22. The number of carbonyl (C=O) groups is 3. The predicted octanol–water partition coefficient (Wildman–Crippen LogP) is 1.33. The molecule has 0 spiro atoms. The quantitative estimate of drug-likeness (QED) is 0.762. The van der Waals surface area contributed by atoms with Crippen molar-refractivity contribution in [3.8, 4) is 0 Å². The van der Waals surface area contributed by atoms with Crippen molar-refractivity contribution < 1.29 is 24.2 Å². The van der Waals surface area contributed by atoms with E-state index in [1.54, 1.807) is 20.8 Å². The summed E-state index contributed by atoms with van der Waals surface area (Å²) < 4.78 is 4.98. The highest BCUT2D eigenvalue weighted by Crippen LogP contribution is 2.08. The molecule has 0 aliphatic carbocycles. The normalized spacial score (nSPS) is 12.7. The van der Waals surface area contributed by atoms with E-state index in [-0.39, 0.29) is 18.6 Å². The van der Waals surface area contributed by atoms with Gasteiger partial charge in [-0.15, -0.1) is 0 Å². The summed E-state index contributed by atoms with van der Waals surface area (Å²) >= 11 is 0. The van der Waals surface area contributed by atoms with Crippen molar-refractivity contribution in [3.05, 3.63) is 0 Å². The van der Waals surface area contributed by atoms with E-state index in [9.17, 15) is 14.4 Å². The maximum atomic E-state index is 11.4. The van der Waals surface area contributed by atoms with Gasteiger partial charge in [-0.1, -0.05) is 0 Å². The summed E-state index contributed by atoms with van der Waals surface area (Å²) in [6, 6.07) is -0.819. The Morgan fingerprint density at radius 1 is 1.29 bits per heavy atom. The average molecular weight is 245 g/mol. The van der Waals surface area contributed by atoms with Crippen LogP contribution in [0.15, 0.2) is 0 Å². The molecule has 0 rings (SSSR count). The van der Waals surface area contributed by atoms with Crippen molar-refractivity contribution in [2.75, 3.05) is 0 Å². The first kappa shape index (κ1) is 15.4. The molecule has 1 amide bonds. The van der Waals surface area contributed by atoms with Crippen molar-refractivity contribution in [2.24, 2.45) is 0 Å². The number of nitrogens with one attached hydrogen (secondary N) is 1.